The average molecular weight is 378 g/mol. The maximum absolute atomic E-state index is 12.6. The summed E-state index contributed by atoms with van der Waals surface area (Å²) in [5, 5.41) is 0.607. The lowest BCUT2D eigenvalue weighted by Crippen LogP contribution is -2.50. The van der Waals surface area contributed by atoms with E-state index >= 15 is 0 Å². The van der Waals surface area contributed by atoms with Crippen LogP contribution in [-0.4, -0.2) is 65.9 Å². The fourth-order valence-electron chi connectivity index (χ4n) is 2.59. The first kappa shape index (κ1) is 17.8. The Morgan fingerprint density at radius 1 is 1.04 bits per heavy atom. The van der Waals surface area contributed by atoms with E-state index < -0.39 is 10.0 Å². The standard InChI is InChI=1S/C16H18N4O3S2/c1-24-16-17-11-13(12-18-16)15(21)19-7-9-20(10-8-19)25(22,23)14-5-3-2-4-6-14/h2-6,11-12H,7-10H2,1H3. The third kappa shape index (κ3) is 3.83. The number of hydrogen-bond donors (Lipinski definition) is 0. The molecule has 7 nitrogen and oxygen atoms in total. The molecule has 3 rings (SSSR count). The van der Waals surface area contributed by atoms with Crippen LogP contribution >= 0.6 is 11.8 Å². The molecular formula is C16H18N4O3S2. The van der Waals surface area contributed by atoms with Gasteiger partial charge in [0.2, 0.25) is 10.0 Å². The molecule has 1 aliphatic rings. The molecule has 132 valence electrons. The summed E-state index contributed by atoms with van der Waals surface area (Å²) in [6.45, 7) is 1.23. The first-order valence-corrected chi connectivity index (χ1v) is 10.4. The number of hydrogen-bond acceptors (Lipinski definition) is 6. The van der Waals surface area contributed by atoms with Crippen molar-refractivity contribution in [3.63, 3.8) is 0 Å². The zero-order valence-corrected chi connectivity index (χ0v) is 15.3. The van der Waals surface area contributed by atoms with E-state index in [1.54, 1.807) is 35.2 Å². The predicted molar refractivity (Wildman–Crippen MR) is 94.9 cm³/mol. The lowest BCUT2D eigenvalue weighted by atomic mass is 10.2. The average Bonchev–Trinajstić information content (AvgIpc) is 2.68. The second-order valence-corrected chi connectivity index (χ2v) is 8.18. The Morgan fingerprint density at radius 2 is 1.64 bits per heavy atom. The molecule has 1 fully saturated rings. The highest BCUT2D eigenvalue weighted by molar-refractivity contribution is 7.98. The molecule has 0 spiro atoms. The predicted octanol–water partition coefficient (Wildman–Crippen LogP) is 1.35. The third-order valence-electron chi connectivity index (χ3n) is 3.96. The van der Waals surface area contributed by atoms with E-state index in [4.69, 9.17) is 0 Å². The van der Waals surface area contributed by atoms with Crippen LogP contribution in [0.4, 0.5) is 0 Å². The Labute approximate surface area is 151 Å². The minimum atomic E-state index is -3.52. The van der Waals surface area contributed by atoms with Crippen LogP contribution in [0.2, 0.25) is 0 Å². The summed E-state index contributed by atoms with van der Waals surface area (Å²) in [6.07, 6.45) is 4.88. The maximum Gasteiger partial charge on any atom is 0.257 e. The number of amides is 1. The lowest BCUT2D eigenvalue weighted by Gasteiger charge is -2.34. The highest BCUT2D eigenvalue weighted by atomic mass is 32.2. The normalized spacial score (nSPS) is 16.0. The van der Waals surface area contributed by atoms with E-state index in [1.807, 2.05) is 6.26 Å². The van der Waals surface area contributed by atoms with Gasteiger partial charge in [-0.05, 0) is 18.4 Å². The summed E-state index contributed by atoms with van der Waals surface area (Å²) < 4.78 is 26.6. The number of piperazine rings is 1. The van der Waals surface area contributed by atoms with E-state index in [0.29, 0.717) is 23.8 Å². The van der Waals surface area contributed by atoms with Gasteiger partial charge < -0.3 is 4.90 Å². The first-order chi connectivity index (χ1) is 12.0. The van der Waals surface area contributed by atoms with Gasteiger partial charge in [0.15, 0.2) is 5.16 Å². The summed E-state index contributed by atoms with van der Waals surface area (Å²) in [5.41, 5.74) is 0.414. The fourth-order valence-corrected chi connectivity index (χ4v) is 4.35. The molecule has 1 aromatic heterocycles. The molecule has 25 heavy (non-hydrogen) atoms. The van der Waals surface area contributed by atoms with Crippen LogP contribution in [0.5, 0.6) is 0 Å². The summed E-state index contributed by atoms with van der Waals surface area (Å²) in [6, 6.07) is 8.34. The summed E-state index contributed by atoms with van der Waals surface area (Å²) in [5.74, 6) is -0.176. The first-order valence-electron chi connectivity index (χ1n) is 7.73. The molecule has 0 atom stereocenters. The van der Waals surface area contributed by atoms with Crippen LogP contribution in [0, 0.1) is 0 Å². The van der Waals surface area contributed by atoms with Crippen molar-refractivity contribution in [2.75, 3.05) is 32.4 Å². The van der Waals surface area contributed by atoms with Gasteiger partial charge in [-0.3, -0.25) is 4.79 Å². The Hall–Kier alpha value is -1.97. The van der Waals surface area contributed by atoms with E-state index in [1.165, 1.54) is 28.5 Å². The van der Waals surface area contributed by atoms with Crippen molar-refractivity contribution in [2.45, 2.75) is 10.1 Å². The summed E-state index contributed by atoms with van der Waals surface area (Å²) in [7, 11) is -3.52. The molecule has 9 heteroatoms. The van der Waals surface area contributed by atoms with Crippen molar-refractivity contribution in [2.24, 2.45) is 0 Å². The smallest absolute Gasteiger partial charge is 0.257 e. The molecule has 1 aliphatic heterocycles. The molecule has 1 aromatic carbocycles. The monoisotopic (exact) mass is 378 g/mol. The van der Waals surface area contributed by atoms with Gasteiger partial charge in [0.1, 0.15) is 0 Å². The van der Waals surface area contributed by atoms with Crippen molar-refractivity contribution in [3.05, 3.63) is 48.3 Å². The maximum atomic E-state index is 12.6. The van der Waals surface area contributed by atoms with Gasteiger partial charge >= 0.3 is 0 Å². The molecule has 2 heterocycles. The highest BCUT2D eigenvalue weighted by Gasteiger charge is 2.30. The second kappa shape index (κ2) is 7.51. The molecule has 0 N–H and O–H groups in total. The third-order valence-corrected chi connectivity index (χ3v) is 6.45. The van der Waals surface area contributed by atoms with Crippen LogP contribution in [0.1, 0.15) is 10.4 Å². The van der Waals surface area contributed by atoms with Gasteiger partial charge in [0.05, 0.1) is 10.5 Å². The number of aromatic nitrogens is 2. The molecule has 0 unspecified atom stereocenters. The SMILES string of the molecule is CSc1ncc(C(=O)N2CCN(S(=O)(=O)c3ccccc3)CC2)cn1. The molecule has 0 aliphatic carbocycles. The topological polar surface area (TPSA) is 83.5 Å². The van der Waals surface area contributed by atoms with Crippen LogP contribution in [0.25, 0.3) is 0 Å². The van der Waals surface area contributed by atoms with Crippen LogP contribution in [0.3, 0.4) is 0 Å². The molecule has 1 saturated heterocycles. The van der Waals surface area contributed by atoms with Gasteiger partial charge in [0, 0.05) is 38.6 Å². The van der Waals surface area contributed by atoms with Crippen molar-refractivity contribution in [3.8, 4) is 0 Å². The molecule has 0 radical (unpaired) electrons. The minimum Gasteiger partial charge on any atom is -0.336 e. The minimum absolute atomic E-state index is 0.176. The fraction of sp³-hybridized carbons (Fsp3) is 0.312. The Kier molecular flexibility index (Phi) is 5.36. The van der Waals surface area contributed by atoms with E-state index in [-0.39, 0.29) is 23.9 Å². The molecule has 0 saturated carbocycles. The Bertz CT molecular complexity index is 833. The summed E-state index contributed by atoms with van der Waals surface area (Å²) in [4.78, 5) is 22.6. The molecule has 1 amide bonds. The Balaban J connectivity index is 1.66. The summed E-state index contributed by atoms with van der Waals surface area (Å²) >= 11 is 1.41. The van der Waals surface area contributed by atoms with Crippen molar-refractivity contribution in [1.29, 1.82) is 0 Å². The zero-order valence-electron chi connectivity index (χ0n) is 13.7. The van der Waals surface area contributed by atoms with Gasteiger partial charge in [-0.15, -0.1) is 0 Å². The number of rotatable bonds is 4. The highest BCUT2D eigenvalue weighted by Crippen LogP contribution is 2.18. The second-order valence-electron chi connectivity index (χ2n) is 5.47. The van der Waals surface area contributed by atoms with E-state index in [9.17, 15) is 13.2 Å². The van der Waals surface area contributed by atoms with Gasteiger partial charge in [0.25, 0.3) is 5.91 Å². The number of sulfonamides is 1. The number of thioether (sulfide) groups is 1. The number of benzene rings is 1. The number of nitrogens with zero attached hydrogens (tertiary/aromatic N) is 4. The molecule has 0 bridgehead atoms. The van der Waals surface area contributed by atoms with Crippen molar-refractivity contribution in [1.82, 2.24) is 19.2 Å². The number of carbonyl (C=O) groups is 1. The van der Waals surface area contributed by atoms with Crippen LogP contribution in [0.15, 0.2) is 52.8 Å². The Morgan fingerprint density at radius 3 is 2.20 bits per heavy atom. The van der Waals surface area contributed by atoms with Crippen molar-refractivity contribution < 1.29 is 13.2 Å². The number of carbonyl (C=O) groups excluding carboxylic acids is 1. The lowest BCUT2D eigenvalue weighted by molar-refractivity contribution is 0.0696. The van der Waals surface area contributed by atoms with Gasteiger partial charge in [-0.1, -0.05) is 30.0 Å². The van der Waals surface area contributed by atoms with E-state index in [0.717, 1.165) is 0 Å². The largest absolute Gasteiger partial charge is 0.336 e. The van der Waals surface area contributed by atoms with Crippen LogP contribution < -0.4 is 0 Å². The quantitative estimate of drug-likeness (QED) is 0.590. The van der Waals surface area contributed by atoms with Gasteiger partial charge in [-0.2, -0.15) is 4.31 Å². The van der Waals surface area contributed by atoms with E-state index in [2.05, 4.69) is 9.97 Å². The molecule has 2 aromatic rings. The van der Waals surface area contributed by atoms with Crippen molar-refractivity contribution >= 4 is 27.7 Å². The van der Waals surface area contributed by atoms with Gasteiger partial charge in [-0.25, -0.2) is 18.4 Å². The zero-order chi connectivity index (χ0) is 17.9. The molecular weight excluding hydrogens is 360 g/mol. The van der Waals surface area contributed by atoms with Crippen LogP contribution in [-0.2, 0) is 10.0 Å².